The molecule has 1 aliphatic rings. The molecule has 0 amide bonds. The maximum Gasteiger partial charge on any atom is 0.127 e. The summed E-state index contributed by atoms with van der Waals surface area (Å²) in [5.41, 5.74) is 0.596. The van der Waals surface area contributed by atoms with Crippen molar-refractivity contribution in [3.63, 3.8) is 0 Å². The number of benzene rings is 1. The van der Waals surface area contributed by atoms with Gasteiger partial charge < -0.3 is 4.74 Å². The Kier molecular flexibility index (Phi) is 5.85. The number of ether oxygens (including phenoxy) is 1. The van der Waals surface area contributed by atoms with Crippen LogP contribution in [0.4, 0.5) is 4.39 Å². The first-order valence-electron chi connectivity index (χ1n) is 6.70. The quantitative estimate of drug-likeness (QED) is 0.630. The molecule has 1 saturated heterocycles. The molecule has 2 rings (SSSR count). The summed E-state index contributed by atoms with van der Waals surface area (Å²) < 4.78 is 19.8. The second-order valence-electron chi connectivity index (χ2n) is 5.20. The van der Waals surface area contributed by atoms with Gasteiger partial charge in [0.2, 0.25) is 0 Å². The third-order valence-electron chi connectivity index (χ3n) is 3.93. The van der Waals surface area contributed by atoms with Gasteiger partial charge in [-0.2, -0.15) is 0 Å². The fourth-order valence-electron chi connectivity index (χ4n) is 2.65. The molecule has 106 valence electrons. The van der Waals surface area contributed by atoms with Crippen LogP contribution in [0.2, 0.25) is 0 Å². The molecular formula is C15H19Br2FO. The summed E-state index contributed by atoms with van der Waals surface area (Å²) in [6.07, 6.45) is 4.56. The molecule has 0 spiro atoms. The zero-order chi connectivity index (χ0) is 13.7. The Morgan fingerprint density at radius 2 is 2.00 bits per heavy atom. The molecule has 1 nitrogen and oxygen atoms in total. The average molecular weight is 394 g/mol. The van der Waals surface area contributed by atoms with E-state index < -0.39 is 0 Å². The van der Waals surface area contributed by atoms with Crippen molar-refractivity contribution >= 4 is 31.9 Å². The highest BCUT2D eigenvalue weighted by Crippen LogP contribution is 2.36. The number of halogens is 3. The van der Waals surface area contributed by atoms with Gasteiger partial charge in [-0.3, -0.25) is 0 Å². The van der Waals surface area contributed by atoms with Crippen LogP contribution in [0.3, 0.4) is 0 Å². The number of hydrogen-bond donors (Lipinski definition) is 0. The van der Waals surface area contributed by atoms with Crippen LogP contribution >= 0.6 is 31.9 Å². The Balaban J connectivity index is 2.14. The van der Waals surface area contributed by atoms with E-state index in [1.165, 1.54) is 0 Å². The predicted molar refractivity (Wildman–Crippen MR) is 83.9 cm³/mol. The van der Waals surface area contributed by atoms with Gasteiger partial charge in [0, 0.05) is 22.7 Å². The molecule has 0 saturated carbocycles. The van der Waals surface area contributed by atoms with Crippen LogP contribution in [-0.2, 0) is 10.2 Å². The summed E-state index contributed by atoms with van der Waals surface area (Å²) in [7, 11) is 0. The number of hydrogen-bond acceptors (Lipinski definition) is 1. The van der Waals surface area contributed by atoms with Gasteiger partial charge in [-0.25, -0.2) is 4.39 Å². The molecule has 0 radical (unpaired) electrons. The minimum atomic E-state index is -0.197. The summed E-state index contributed by atoms with van der Waals surface area (Å²) in [4.78, 5) is 0. The normalized spacial score (nSPS) is 19.8. The van der Waals surface area contributed by atoms with Crippen LogP contribution in [0, 0.1) is 5.82 Å². The van der Waals surface area contributed by atoms with E-state index in [1.807, 2.05) is 12.1 Å². The highest BCUT2D eigenvalue weighted by molar-refractivity contribution is 9.09. The Labute approximate surface area is 131 Å². The summed E-state index contributed by atoms with van der Waals surface area (Å²) in [6.45, 7) is 0.875. The lowest BCUT2D eigenvalue weighted by Gasteiger charge is -2.32. The molecule has 0 bridgehead atoms. The van der Waals surface area contributed by atoms with Gasteiger partial charge in [0.15, 0.2) is 0 Å². The monoisotopic (exact) mass is 392 g/mol. The Morgan fingerprint density at radius 1 is 1.26 bits per heavy atom. The van der Waals surface area contributed by atoms with Gasteiger partial charge in [0.05, 0.1) is 6.10 Å². The second kappa shape index (κ2) is 7.19. The van der Waals surface area contributed by atoms with Gasteiger partial charge >= 0.3 is 0 Å². The van der Waals surface area contributed by atoms with E-state index in [1.54, 1.807) is 12.1 Å². The van der Waals surface area contributed by atoms with Crippen LogP contribution in [0.5, 0.6) is 0 Å². The zero-order valence-electron chi connectivity index (χ0n) is 10.9. The topological polar surface area (TPSA) is 9.23 Å². The van der Waals surface area contributed by atoms with Crippen molar-refractivity contribution in [3.05, 3.63) is 35.6 Å². The van der Waals surface area contributed by atoms with E-state index in [2.05, 4.69) is 31.9 Å². The van der Waals surface area contributed by atoms with Gasteiger partial charge in [-0.1, -0.05) is 50.1 Å². The standard InChI is InChI=1S/C15H19Br2FO/c16-10-15(11-17,8-7-12-4-3-9-19-12)13-5-1-2-6-14(13)18/h1-2,5-6,12H,3-4,7-11H2. The lowest BCUT2D eigenvalue weighted by atomic mass is 9.79. The Morgan fingerprint density at radius 3 is 2.58 bits per heavy atom. The smallest absolute Gasteiger partial charge is 0.127 e. The molecule has 1 heterocycles. The highest BCUT2D eigenvalue weighted by Gasteiger charge is 2.33. The molecule has 0 aliphatic carbocycles. The molecular weight excluding hydrogens is 375 g/mol. The van der Waals surface area contributed by atoms with E-state index in [4.69, 9.17) is 4.74 Å². The van der Waals surface area contributed by atoms with E-state index in [0.29, 0.717) is 6.10 Å². The molecule has 1 fully saturated rings. The lowest BCUT2D eigenvalue weighted by molar-refractivity contribution is 0.0977. The van der Waals surface area contributed by atoms with Crippen LogP contribution < -0.4 is 0 Å². The molecule has 1 aromatic rings. The van der Waals surface area contributed by atoms with Crippen molar-refractivity contribution in [2.24, 2.45) is 0 Å². The van der Waals surface area contributed by atoms with Gasteiger partial charge in [-0.05, 0) is 37.3 Å². The van der Waals surface area contributed by atoms with Gasteiger partial charge in [-0.15, -0.1) is 0 Å². The first-order chi connectivity index (χ1) is 9.22. The van der Waals surface area contributed by atoms with Crippen LogP contribution in [0.25, 0.3) is 0 Å². The maximum atomic E-state index is 14.1. The summed E-state index contributed by atoms with van der Waals surface area (Å²) >= 11 is 7.15. The minimum absolute atomic E-state index is 0.117. The third-order valence-corrected chi connectivity index (χ3v) is 6.07. The fourth-order valence-corrected chi connectivity index (χ4v) is 4.74. The lowest BCUT2D eigenvalue weighted by Crippen LogP contribution is -2.32. The minimum Gasteiger partial charge on any atom is -0.378 e. The van der Waals surface area contributed by atoms with Gasteiger partial charge in [0.25, 0.3) is 0 Å². The summed E-state index contributed by atoms with van der Waals surface area (Å²) in [5.74, 6) is -0.117. The van der Waals surface area contributed by atoms with Crippen molar-refractivity contribution in [2.75, 3.05) is 17.3 Å². The molecule has 1 aliphatic heterocycles. The second-order valence-corrected chi connectivity index (χ2v) is 6.32. The maximum absolute atomic E-state index is 14.1. The molecule has 1 unspecified atom stereocenters. The molecule has 0 aromatic heterocycles. The first-order valence-corrected chi connectivity index (χ1v) is 8.95. The van der Waals surface area contributed by atoms with Crippen molar-refractivity contribution in [1.29, 1.82) is 0 Å². The average Bonchev–Trinajstić information content (AvgIpc) is 2.95. The zero-order valence-corrected chi connectivity index (χ0v) is 14.1. The Hall–Kier alpha value is 0.0700. The van der Waals surface area contributed by atoms with E-state index in [9.17, 15) is 4.39 Å². The largest absolute Gasteiger partial charge is 0.378 e. The Bertz CT molecular complexity index is 401. The third kappa shape index (κ3) is 3.59. The van der Waals surface area contributed by atoms with Crippen LogP contribution in [0.15, 0.2) is 24.3 Å². The SMILES string of the molecule is Fc1ccccc1C(CBr)(CBr)CCC1CCCO1. The molecule has 19 heavy (non-hydrogen) atoms. The number of alkyl halides is 2. The van der Waals surface area contributed by atoms with Crippen molar-refractivity contribution in [1.82, 2.24) is 0 Å². The fraction of sp³-hybridized carbons (Fsp3) is 0.600. The van der Waals surface area contributed by atoms with Crippen molar-refractivity contribution in [2.45, 2.75) is 37.2 Å². The molecule has 0 N–H and O–H groups in total. The predicted octanol–water partition coefficient (Wildman–Crippen LogP) is 4.81. The van der Waals surface area contributed by atoms with Crippen molar-refractivity contribution in [3.8, 4) is 0 Å². The van der Waals surface area contributed by atoms with Crippen LogP contribution in [0.1, 0.15) is 31.2 Å². The van der Waals surface area contributed by atoms with Crippen LogP contribution in [-0.4, -0.2) is 23.4 Å². The summed E-state index contributed by atoms with van der Waals surface area (Å²) in [6, 6.07) is 7.09. The highest BCUT2D eigenvalue weighted by atomic mass is 79.9. The van der Waals surface area contributed by atoms with Crippen molar-refractivity contribution < 1.29 is 9.13 Å². The van der Waals surface area contributed by atoms with Gasteiger partial charge in [0.1, 0.15) is 5.82 Å². The molecule has 1 atom stereocenters. The molecule has 4 heteroatoms. The first kappa shape index (κ1) is 15.5. The number of rotatable bonds is 6. The summed E-state index contributed by atoms with van der Waals surface area (Å²) in [5, 5.41) is 1.50. The molecule has 1 aromatic carbocycles. The van der Waals surface area contributed by atoms with E-state index in [0.717, 1.165) is 48.5 Å². The van der Waals surface area contributed by atoms with E-state index >= 15 is 0 Å². The van der Waals surface area contributed by atoms with E-state index in [-0.39, 0.29) is 11.2 Å².